The van der Waals surface area contributed by atoms with Crippen LogP contribution in [0.25, 0.3) is 22.5 Å². The largest absolute Gasteiger partial charge is 0.494 e. The van der Waals surface area contributed by atoms with Crippen molar-refractivity contribution in [2.24, 2.45) is 5.92 Å². The number of rotatable bonds is 16. The standard InChI is InChI=1S/C32H42N2O/c1-4-6-7-8-9-10-11-23-35-31-21-19-29(20-22-31)32-33-24-30(25-34-32)28-17-15-27(16-18-28)14-12-13-26(3)5-2/h4,15-22,24-26H,1,5-14,23H2,2-3H3/t26-/m0/s1. The summed E-state index contributed by atoms with van der Waals surface area (Å²) < 4.78 is 5.90. The Labute approximate surface area is 212 Å². The lowest BCUT2D eigenvalue weighted by molar-refractivity contribution is 0.304. The Morgan fingerprint density at radius 2 is 1.46 bits per heavy atom. The van der Waals surface area contributed by atoms with Gasteiger partial charge in [0.1, 0.15) is 5.75 Å². The first-order chi connectivity index (χ1) is 17.2. The van der Waals surface area contributed by atoms with Gasteiger partial charge in [0.15, 0.2) is 5.82 Å². The van der Waals surface area contributed by atoms with Gasteiger partial charge in [-0.05, 0) is 73.4 Å². The zero-order chi connectivity index (χ0) is 24.7. The van der Waals surface area contributed by atoms with E-state index in [1.54, 1.807) is 0 Å². The molecule has 1 heterocycles. The molecule has 3 rings (SSSR count). The molecule has 186 valence electrons. The highest BCUT2D eigenvalue weighted by Crippen LogP contribution is 2.23. The van der Waals surface area contributed by atoms with Gasteiger partial charge in [-0.25, -0.2) is 9.97 Å². The first kappa shape index (κ1) is 26.7. The second kappa shape index (κ2) is 15.1. The molecular weight excluding hydrogens is 428 g/mol. The SMILES string of the molecule is C=CCCCCCCCOc1ccc(-c2ncc(-c3ccc(CCC[C@@H](C)CC)cc3)cn2)cc1. The van der Waals surface area contributed by atoms with Crippen molar-refractivity contribution in [3.05, 3.63) is 79.1 Å². The third kappa shape index (κ3) is 9.32. The summed E-state index contributed by atoms with van der Waals surface area (Å²) in [6, 6.07) is 16.9. The van der Waals surface area contributed by atoms with Crippen molar-refractivity contribution in [1.82, 2.24) is 9.97 Å². The lowest BCUT2D eigenvalue weighted by Crippen LogP contribution is -1.97. The Morgan fingerprint density at radius 1 is 0.800 bits per heavy atom. The van der Waals surface area contributed by atoms with Gasteiger partial charge in [-0.15, -0.1) is 6.58 Å². The van der Waals surface area contributed by atoms with E-state index in [0.717, 1.165) is 60.1 Å². The summed E-state index contributed by atoms with van der Waals surface area (Å²) in [5.41, 5.74) is 4.61. The van der Waals surface area contributed by atoms with E-state index in [1.165, 1.54) is 50.5 Å². The molecule has 0 spiro atoms. The minimum atomic E-state index is 0.737. The molecule has 1 atom stereocenters. The zero-order valence-corrected chi connectivity index (χ0v) is 21.7. The van der Waals surface area contributed by atoms with Gasteiger partial charge in [-0.3, -0.25) is 0 Å². The fraction of sp³-hybridized carbons (Fsp3) is 0.438. The van der Waals surface area contributed by atoms with Gasteiger partial charge in [0.2, 0.25) is 0 Å². The number of ether oxygens (including phenoxy) is 1. The second-order valence-corrected chi connectivity index (χ2v) is 9.62. The normalized spacial score (nSPS) is 11.8. The third-order valence-corrected chi connectivity index (χ3v) is 6.73. The van der Waals surface area contributed by atoms with E-state index in [9.17, 15) is 0 Å². The quantitative estimate of drug-likeness (QED) is 0.155. The summed E-state index contributed by atoms with van der Waals surface area (Å²) in [6.07, 6.45) is 18.1. The highest BCUT2D eigenvalue weighted by Gasteiger charge is 2.05. The van der Waals surface area contributed by atoms with Gasteiger partial charge in [-0.1, -0.05) is 76.3 Å². The van der Waals surface area contributed by atoms with E-state index >= 15 is 0 Å². The predicted molar refractivity (Wildman–Crippen MR) is 149 cm³/mol. The molecule has 0 fully saturated rings. The summed E-state index contributed by atoms with van der Waals surface area (Å²) >= 11 is 0. The van der Waals surface area contributed by atoms with E-state index in [-0.39, 0.29) is 0 Å². The van der Waals surface area contributed by atoms with Crippen LogP contribution in [-0.4, -0.2) is 16.6 Å². The van der Waals surface area contributed by atoms with Crippen LogP contribution in [-0.2, 0) is 6.42 Å². The molecule has 0 aliphatic rings. The fourth-order valence-corrected chi connectivity index (χ4v) is 4.16. The fourth-order valence-electron chi connectivity index (χ4n) is 4.16. The Morgan fingerprint density at radius 3 is 2.14 bits per heavy atom. The van der Waals surface area contributed by atoms with Crippen LogP contribution in [0, 0.1) is 5.92 Å². The zero-order valence-electron chi connectivity index (χ0n) is 21.7. The molecule has 2 aromatic carbocycles. The van der Waals surface area contributed by atoms with Crippen molar-refractivity contribution in [3.63, 3.8) is 0 Å². The maximum Gasteiger partial charge on any atom is 0.159 e. The Bertz CT molecular complexity index is 978. The Balaban J connectivity index is 1.45. The lowest BCUT2D eigenvalue weighted by atomic mass is 9.98. The lowest BCUT2D eigenvalue weighted by Gasteiger charge is -2.09. The van der Waals surface area contributed by atoms with Gasteiger partial charge >= 0.3 is 0 Å². The Hall–Kier alpha value is -2.94. The minimum absolute atomic E-state index is 0.737. The van der Waals surface area contributed by atoms with Crippen LogP contribution in [0.5, 0.6) is 5.75 Å². The van der Waals surface area contributed by atoms with Gasteiger partial charge < -0.3 is 4.74 Å². The molecule has 0 aliphatic carbocycles. The van der Waals surface area contributed by atoms with Crippen molar-refractivity contribution >= 4 is 0 Å². The highest BCUT2D eigenvalue weighted by molar-refractivity contribution is 5.64. The molecule has 0 saturated heterocycles. The second-order valence-electron chi connectivity index (χ2n) is 9.62. The highest BCUT2D eigenvalue weighted by atomic mass is 16.5. The summed E-state index contributed by atoms with van der Waals surface area (Å²) in [6.45, 7) is 9.15. The van der Waals surface area contributed by atoms with Gasteiger partial charge in [0, 0.05) is 23.5 Å². The van der Waals surface area contributed by atoms with Crippen LogP contribution in [0.1, 0.15) is 77.2 Å². The van der Waals surface area contributed by atoms with E-state index < -0.39 is 0 Å². The van der Waals surface area contributed by atoms with E-state index in [2.05, 4.69) is 54.7 Å². The van der Waals surface area contributed by atoms with Crippen molar-refractivity contribution in [2.75, 3.05) is 6.61 Å². The molecule has 35 heavy (non-hydrogen) atoms. The number of aromatic nitrogens is 2. The summed E-state index contributed by atoms with van der Waals surface area (Å²) in [5.74, 6) is 2.46. The van der Waals surface area contributed by atoms with Crippen LogP contribution >= 0.6 is 0 Å². The topological polar surface area (TPSA) is 35.0 Å². The number of benzene rings is 2. The molecule has 3 heteroatoms. The first-order valence-electron chi connectivity index (χ1n) is 13.4. The smallest absolute Gasteiger partial charge is 0.159 e. The van der Waals surface area contributed by atoms with E-state index in [1.807, 2.05) is 42.7 Å². The number of nitrogens with zero attached hydrogens (tertiary/aromatic N) is 2. The average Bonchev–Trinajstić information content (AvgIpc) is 2.91. The number of aryl methyl sites for hydroxylation is 1. The van der Waals surface area contributed by atoms with Gasteiger partial charge in [0.25, 0.3) is 0 Å². The number of hydrogen-bond donors (Lipinski definition) is 0. The van der Waals surface area contributed by atoms with Crippen LogP contribution in [0.15, 0.2) is 73.6 Å². The molecule has 0 radical (unpaired) electrons. The number of hydrogen-bond acceptors (Lipinski definition) is 3. The van der Waals surface area contributed by atoms with Crippen molar-refractivity contribution in [1.29, 1.82) is 0 Å². The third-order valence-electron chi connectivity index (χ3n) is 6.73. The van der Waals surface area contributed by atoms with Crippen molar-refractivity contribution < 1.29 is 4.74 Å². The summed E-state index contributed by atoms with van der Waals surface area (Å²) in [7, 11) is 0. The molecule has 1 aromatic heterocycles. The Kier molecular flexibility index (Phi) is 11.5. The minimum Gasteiger partial charge on any atom is -0.494 e. The average molecular weight is 471 g/mol. The molecule has 0 amide bonds. The van der Waals surface area contributed by atoms with Gasteiger partial charge in [0.05, 0.1) is 6.61 Å². The predicted octanol–water partition coefficient (Wildman–Crippen LogP) is 9.08. The van der Waals surface area contributed by atoms with Crippen LogP contribution in [0.4, 0.5) is 0 Å². The van der Waals surface area contributed by atoms with Crippen LogP contribution in [0.2, 0.25) is 0 Å². The van der Waals surface area contributed by atoms with Crippen molar-refractivity contribution in [2.45, 2.75) is 78.1 Å². The van der Waals surface area contributed by atoms with Gasteiger partial charge in [-0.2, -0.15) is 0 Å². The molecule has 0 N–H and O–H groups in total. The maximum atomic E-state index is 5.90. The van der Waals surface area contributed by atoms with E-state index in [0.29, 0.717) is 0 Å². The number of unbranched alkanes of at least 4 members (excludes halogenated alkanes) is 5. The summed E-state index contributed by atoms with van der Waals surface area (Å²) in [5, 5.41) is 0. The van der Waals surface area contributed by atoms with Crippen LogP contribution < -0.4 is 4.74 Å². The molecule has 3 aromatic rings. The number of allylic oxidation sites excluding steroid dienone is 1. The molecule has 0 saturated carbocycles. The monoisotopic (exact) mass is 470 g/mol. The first-order valence-corrected chi connectivity index (χ1v) is 13.4. The molecule has 0 bridgehead atoms. The van der Waals surface area contributed by atoms with E-state index in [4.69, 9.17) is 4.74 Å². The molecular formula is C32H42N2O. The molecule has 0 aliphatic heterocycles. The molecule has 3 nitrogen and oxygen atoms in total. The maximum absolute atomic E-state index is 5.90. The molecule has 0 unspecified atom stereocenters. The van der Waals surface area contributed by atoms with Crippen molar-refractivity contribution in [3.8, 4) is 28.3 Å². The summed E-state index contributed by atoms with van der Waals surface area (Å²) in [4.78, 5) is 9.23. The van der Waals surface area contributed by atoms with Crippen LogP contribution in [0.3, 0.4) is 0 Å².